The number of carboxylic acid groups (broad SMARTS) is 1. The average Bonchev–Trinajstić information content (AvgIpc) is 3.30. The van der Waals surface area contributed by atoms with Crippen LogP contribution in [-0.2, 0) is 24.4 Å². The zero-order valence-corrected chi connectivity index (χ0v) is 21.5. The molecule has 0 bridgehead atoms. The van der Waals surface area contributed by atoms with Crippen LogP contribution in [0.2, 0.25) is 5.02 Å². The number of aromatic nitrogens is 2. The zero-order chi connectivity index (χ0) is 26.4. The Bertz CT molecular complexity index is 1380. The number of aliphatic hydroxyl groups excluding tert-OH is 1. The highest BCUT2D eigenvalue weighted by Crippen LogP contribution is 2.37. The number of nitrogens with zero attached hydrogens (tertiary/aromatic N) is 2. The lowest BCUT2D eigenvalue weighted by Crippen LogP contribution is -2.16. The zero-order valence-electron chi connectivity index (χ0n) is 20.7. The highest BCUT2D eigenvalue weighted by atomic mass is 35.5. The molecule has 2 N–H and O–H groups in total. The van der Waals surface area contributed by atoms with Gasteiger partial charge in [0.05, 0.1) is 37.6 Å². The predicted octanol–water partition coefficient (Wildman–Crippen LogP) is 5.86. The number of carbonyl (C=O) groups is 1. The van der Waals surface area contributed by atoms with E-state index < -0.39 is 12.1 Å². The lowest BCUT2D eigenvalue weighted by Gasteiger charge is -2.13. The van der Waals surface area contributed by atoms with Crippen LogP contribution in [0.3, 0.4) is 0 Å². The van der Waals surface area contributed by atoms with Gasteiger partial charge in [-0.1, -0.05) is 48.9 Å². The van der Waals surface area contributed by atoms with Crippen LogP contribution in [0.1, 0.15) is 24.5 Å². The third-order valence-corrected chi connectivity index (χ3v) is 6.21. The quantitative estimate of drug-likeness (QED) is 0.257. The second-order valence-electron chi connectivity index (χ2n) is 8.68. The first-order valence-corrected chi connectivity index (χ1v) is 12.4. The number of hydrogen-bond donors (Lipinski definition) is 2. The third-order valence-electron chi connectivity index (χ3n) is 5.98. The number of rotatable bonds is 11. The van der Waals surface area contributed by atoms with Gasteiger partial charge in [0, 0.05) is 16.1 Å². The molecule has 0 aliphatic rings. The number of ether oxygens (including phenoxy) is 2. The molecule has 0 fully saturated rings. The summed E-state index contributed by atoms with van der Waals surface area (Å²) in [4.78, 5) is 11.4. The van der Waals surface area contributed by atoms with Crippen molar-refractivity contribution in [3.8, 4) is 34.0 Å². The summed E-state index contributed by atoms with van der Waals surface area (Å²) in [5, 5.41) is 25.2. The van der Waals surface area contributed by atoms with E-state index in [0.29, 0.717) is 39.8 Å². The van der Waals surface area contributed by atoms with Crippen LogP contribution in [-0.4, -0.2) is 39.2 Å². The van der Waals surface area contributed by atoms with Gasteiger partial charge < -0.3 is 19.7 Å². The van der Waals surface area contributed by atoms with E-state index in [4.69, 9.17) is 26.2 Å². The van der Waals surface area contributed by atoms with Crippen molar-refractivity contribution in [3.63, 3.8) is 0 Å². The predicted molar refractivity (Wildman–Crippen MR) is 143 cm³/mol. The molecule has 8 heteroatoms. The molecule has 1 heterocycles. The first kappa shape index (κ1) is 26.3. The highest BCUT2D eigenvalue weighted by Gasteiger charge is 2.20. The normalized spacial score (nSPS) is 11.8. The fraction of sp³-hybridized carbons (Fsp3) is 0.241. The van der Waals surface area contributed by atoms with E-state index in [1.165, 1.54) is 0 Å². The number of carboxylic acids is 1. The van der Waals surface area contributed by atoms with Crippen molar-refractivity contribution in [2.24, 2.45) is 0 Å². The molecule has 192 valence electrons. The maximum Gasteiger partial charge on any atom is 0.307 e. The van der Waals surface area contributed by atoms with E-state index in [1.54, 1.807) is 36.1 Å². The monoisotopic (exact) mass is 520 g/mol. The number of benzene rings is 3. The Labute approximate surface area is 220 Å². The number of aliphatic hydroxyl groups is 1. The molecule has 4 rings (SSSR count). The number of methoxy groups -OCH3 is 1. The first-order chi connectivity index (χ1) is 17.9. The Morgan fingerprint density at radius 1 is 1.00 bits per heavy atom. The summed E-state index contributed by atoms with van der Waals surface area (Å²) in [6.07, 6.45) is -0.142. The highest BCUT2D eigenvalue weighted by molar-refractivity contribution is 6.30. The van der Waals surface area contributed by atoms with Gasteiger partial charge in [0.25, 0.3) is 0 Å². The van der Waals surface area contributed by atoms with Crippen molar-refractivity contribution in [2.45, 2.75) is 39.0 Å². The molecule has 4 aromatic rings. The summed E-state index contributed by atoms with van der Waals surface area (Å²) in [7, 11) is 1.61. The Morgan fingerprint density at radius 2 is 1.81 bits per heavy atom. The smallest absolute Gasteiger partial charge is 0.307 e. The van der Waals surface area contributed by atoms with E-state index in [0.717, 1.165) is 16.8 Å². The second kappa shape index (κ2) is 12.0. The lowest BCUT2D eigenvalue weighted by molar-refractivity contribution is -0.136. The molecule has 1 atom stereocenters. The molecule has 0 spiro atoms. The molecule has 0 radical (unpaired) electrons. The fourth-order valence-electron chi connectivity index (χ4n) is 4.06. The minimum absolute atomic E-state index is 0.129. The van der Waals surface area contributed by atoms with Gasteiger partial charge in [-0.3, -0.25) is 9.48 Å². The molecule has 0 unspecified atom stereocenters. The van der Waals surface area contributed by atoms with Crippen LogP contribution >= 0.6 is 11.6 Å². The van der Waals surface area contributed by atoms with Crippen LogP contribution < -0.4 is 9.47 Å². The molecular formula is C29H29ClN2O5. The van der Waals surface area contributed by atoms with Crippen molar-refractivity contribution in [2.75, 3.05) is 7.11 Å². The van der Waals surface area contributed by atoms with Gasteiger partial charge >= 0.3 is 5.97 Å². The molecule has 0 aliphatic carbocycles. The van der Waals surface area contributed by atoms with E-state index in [9.17, 15) is 15.0 Å². The van der Waals surface area contributed by atoms with Gasteiger partial charge in [0.1, 0.15) is 18.1 Å². The van der Waals surface area contributed by atoms with Crippen molar-refractivity contribution in [1.29, 1.82) is 0 Å². The summed E-state index contributed by atoms with van der Waals surface area (Å²) >= 11 is 6.12. The molecule has 3 aromatic carbocycles. The molecular weight excluding hydrogens is 492 g/mol. The van der Waals surface area contributed by atoms with E-state index in [2.05, 4.69) is 0 Å². The average molecular weight is 521 g/mol. The number of halogens is 1. The standard InChI is InChI=1S/C29H29ClN2O5/c1-3-22(33)17-32-26(23-9-4-5-10-27(23)36-2)16-25(31-32)24-14-19(15-29(34)35)11-12-28(24)37-18-20-7-6-8-21(30)13-20/h4-14,16,22,33H,3,15,17-18H2,1-2H3,(H,34,35)/t22-/m0/s1. The van der Waals surface area contributed by atoms with Gasteiger partial charge in [0.2, 0.25) is 0 Å². The van der Waals surface area contributed by atoms with Gasteiger partial charge in [-0.15, -0.1) is 0 Å². The number of aliphatic carboxylic acids is 1. The Balaban J connectivity index is 1.80. The molecule has 1 aromatic heterocycles. The minimum Gasteiger partial charge on any atom is -0.496 e. The number of para-hydroxylation sites is 1. The summed E-state index contributed by atoms with van der Waals surface area (Å²) in [5.74, 6) is 0.310. The van der Waals surface area contributed by atoms with Gasteiger partial charge in [-0.2, -0.15) is 5.10 Å². The van der Waals surface area contributed by atoms with Crippen molar-refractivity contribution < 1.29 is 24.5 Å². The van der Waals surface area contributed by atoms with E-state index >= 15 is 0 Å². The molecule has 0 aliphatic heterocycles. The third kappa shape index (κ3) is 6.50. The SMILES string of the molecule is CC[C@H](O)Cn1nc(-c2cc(CC(=O)O)ccc2OCc2cccc(Cl)c2)cc1-c1ccccc1OC. The minimum atomic E-state index is -0.926. The molecule has 0 saturated carbocycles. The van der Waals surface area contributed by atoms with E-state index in [-0.39, 0.29) is 19.6 Å². The summed E-state index contributed by atoms with van der Waals surface area (Å²) < 4.78 is 13.5. The van der Waals surface area contributed by atoms with Gasteiger partial charge in [0.15, 0.2) is 0 Å². The summed E-state index contributed by atoms with van der Waals surface area (Å²) in [5.41, 5.74) is 4.37. The van der Waals surface area contributed by atoms with Crippen molar-refractivity contribution >= 4 is 17.6 Å². The Hall–Kier alpha value is -3.81. The lowest BCUT2D eigenvalue weighted by atomic mass is 10.0. The maximum atomic E-state index is 11.4. The maximum absolute atomic E-state index is 11.4. The van der Waals surface area contributed by atoms with Gasteiger partial charge in [-0.25, -0.2) is 0 Å². The number of hydrogen-bond acceptors (Lipinski definition) is 5. The van der Waals surface area contributed by atoms with Gasteiger partial charge in [-0.05, 0) is 60.0 Å². The van der Waals surface area contributed by atoms with Crippen molar-refractivity contribution in [1.82, 2.24) is 9.78 Å². The first-order valence-electron chi connectivity index (χ1n) is 12.0. The Kier molecular flexibility index (Phi) is 8.48. The molecule has 0 amide bonds. The van der Waals surface area contributed by atoms with Crippen LogP contribution in [0, 0.1) is 0 Å². The van der Waals surface area contributed by atoms with Crippen LogP contribution in [0.5, 0.6) is 11.5 Å². The van der Waals surface area contributed by atoms with Crippen LogP contribution in [0.15, 0.2) is 72.8 Å². The molecule has 37 heavy (non-hydrogen) atoms. The van der Waals surface area contributed by atoms with Crippen LogP contribution in [0.4, 0.5) is 0 Å². The van der Waals surface area contributed by atoms with E-state index in [1.807, 2.05) is 55.5 Å². The largest absolute Gasteiger partial charge is 0.496 e. The molecule has 0 saturated heterocycles. The fourth-order valence-corrected chi connectivity index (χ4v) is 4.28. The Morgan fingerprint density at radius 3 is 2.54 bits per heavy atom. The second-order valence-corrected chi connectivity index (χ2v) is 9.12. The molecule has 7 nitrogen and oxygen atoms in total. The summed E-state index contributed by atoms with van der Waals surface area (Å²) in [6.45, 7) is 2.48. The van der Waals surface area contributed by atoms with Crippen molar-refractivity contribution in [3.05, 3.63) is 88.9 Å². The summed E-state index contributed by atoms with van der Waals surface area (Å²) in [6, 6.07) is 22.2. The topological polar surface area (TPSA) is 93.8 Å². The van der Waals surface area contributed by atoms with Crippen LogP contribution in [0.25, 0.3) is 22.5 Å².